The van der Waals surface area contributed by atoms with Gasteiger partial charge in [0, 0.05) is 41.9 Å². The Balaban J connectivity index is 1.30. The van der Waals surface area contributed by atoms with Crippen molar-refractivity contribution in [3.05, 3.63) is 65.2 Å². The van der Waals surface area contributed by atoms with Crippen molar-refractivity contribution in [3.63, 3.8) is 0 Å². The van der Waals surface area contributed by atoms with Crippen LogP contribution in [0.3, 0.4) is 0 Å². The molecule has 5 unspecified atom stereocenters. The Morgan fingerprint density at radius 3 is 2.63 bits per heavy atom. The lowest BCUT2D eigenvalue weighted by atomic mass is 9.43. The van der Waals surface area contributed by atoms with E-state index in [1.807, 2.05) is 47.4 Å². The van der Waals surface area contributed by atoms with Crippen molar-refractivity contribution in [2.24, 2.45) is 23.2 Å². The number of piperidine rings is 1. The molecule has 2 saturated heterocycles. The molecular formula is C30H34N2O3. The van der Waals surface area contributed by atoms with Gasteiger partial charge in [-0.3, -0.25) is 9.69 Å². The van der Waals surface area contributed by atoms with Gasteiger partial charge in [0.25, 0.3) is 0 Å². The van der Waals surface area contributed by atoms with E-state index in [9.17, 15) is 15.0 Å². The molecule has 35 heavy (non-hydrogen) atoms. The van der Waals surface area contributed by atoms with Gasteiger partial charge >= 0.3 is 0 Å². The molecule has 6 atom stereocenters. The lowest BCUT2D eigenvalue weighted by Crippen LogP contribution is -2.72. The molecule has 5 nitrogen and oxygen atoms in total. The summed E-state index contributed by atoms with van der Waals surface area (Å²) in [7, 11) is 0. The van der Waals surface area contributed by atoms with Gasteiger partial charge in [0.05, 0.1) is 0 Å². The van der Waals surface area contributed by atoms with Crippen molar-refractivity contribution in [1.29, 1.82) is 0 Å². The zero-order valence-corrected chi connectivity index (χ0v) is 20.2. The Bertz CT molecular complexity index is 1230. The number of aromatic hydroxyl groups is 1. The number of rotatable bonds is 4. The molecule has 1 amide bonds. The Morgan fingerprint density at radius 2 is 1.83 bits per heavy atom. The number of aliphatic hydroxyl groups is 1. The summed E-state index contributed by atoms with van der Waals surface area (Å²) in [6, 6.07) is 16.5. The van der Waals surface area contributed by atoms with Crippen LogP contribution in [0.2, 0.25) is 0 Å². The standard InChI is InChI=1S/C30H34N2O3/c33-23-8-4-7-21-15-24-28-11-12-30(35)26(29(28,25(21)23)13-14-31(24)17-20-9-10-20)22(16-28)27(34)32(30)18-19-5-2-1-3-6-19/h1-8,20,22,24,26,33,35H,9-18H2/t22-,24?,26?,28?,29?,30?/m0/s1. The third-order valence-corrected chi connectivity index (χ3v) is 11.1. The predicted octanol–water partition coefficient (Wildman–Crippen LogP) is 3.82. The Morgan fingerprint density at radius 1 is 1.00 bits per heavy atom. The van der Waals surface area contributed by atoms with E-state index in [1.165, 1.54) is 24.9 Å². The first kappa shape index (κ1) is 20.8. The maximum Gasteiger partial charge on any atom is 0.228 e. The van der Waals surface area contributed by atoms with E-state index in [4.69, 9.17) is 0 Å². The third-order valence-electron chi connectivity index (χ3n) is 11.1. The summed E-state index contributed by atoms with van der Waals surface area (Å²) in [6.45, 7) is 2.63. The molecule has 182 valence electrons. The van der Waals surface area contributed by atoms with E-state index in [0.717, 1.165) is 49.3 Å². The van der Waals surface area contributed by atoms with Crippen LogP contribution in [0.1, 0.15) is 55.2 Å². The Labute approximate surface area is 206 Å². The summed E-state index contributed by atoms with van der Waals surface area (Å²) in [5.74, 6) is 1.01. The average molecular weight is 471 g/mol. The molecule has 5 heteroatoms. The number of carbonyl (C=O) groups excluding carboxylic acids is 1. The highest BCUT2D eigenvalue weighted by Crippen LogP contribution is 2.78. The van der Waals surface area contributed by atoms with Crippen LogP contribution in [0.25, 0.3) is 0 Å². The summed E-state index contributed by atoms with van der Waals surface area (Å²) in [5.41, 5.74) is 1.84. The highest BCUT2D eigenvalue weighted by atomic mass is 16.3. The van der Waals surface area contributed by atoms with Crippen LogP contribution >= 0.6 is 0 Å². The van der Waals surface area contributed by atoms with E-state index in [0.29, 0.717) is 24.8 Å². The summed E-state index contributed by atoms with van der Waals surface area (Å²) >= 11 is 0. The van der Waals surface area contributed by atoms with Crippen LogP contribution in [0.15, 0.2) is 48.5 Å². The second-order valence-corrected chi connectivity index (χ2v) is 12.4. The molecule has 4 aliphatic carbocycles. The number of hydrogen-bond acceptors (Lipinski definition) is 4. The number of amides is 1. The largest absolute Gasteiger partial charge is 0.508 e. The van der Waals surface area contributed by atoms with Gasteiger partial charge in [0.1, 0.15) is 11.5 Å². The van der Waals surface area contributed by atoms with Crippen molar-refractivity contribution in [1.82, 2.24) is 9.80 Å². The number of hydrogen-bond donors (Lipinski definition) is 2. The fourth-order valence-corrected chi connectivity index (χ4v) is 9.87. The molecule has 3 saturated carbocycles. The van der Waals surface area contributed by atoms with Crippen LogP contribution in [-0.4, -0.2) is 50.8 Å². The summed E-state index contributed by atoms with van der Waals surface area (Å²) < 4.78 is 0. The van der Waals surface area contributed by atoms with Gasteiger partial charge in [0.2, 0.25) is 5.91 Å². The van der Waals surface area contributed by atoms with Crippen LogP contribution in [0.4, 0.5) is 0 Å². The quantitative estimate of drug-likeness (QED) is 0.713. The van der Waals surface area contributed by atoms with Crippen molar-refractivity contribution in [2.75, 3.05) is 13.1 Å². The average Bonchev–Trinajstić information content (AvgIpc) is 3.59. The lowest BCUT2D eigenvalue weighted by Gasteiger charge is -2.67. The van der Waals surface area contributed by atoms with E-state index >= 15 is 0 Å². The smallest absolute Gasteiger partial charge is 0.228 e. The van der Waals surface area contributed by atoms with E-state index in [1.54, 1.807) is 0 Å². The monoisotopic (exact) mass is 470 g/mol. The number of nitrogens with zero attached hydrogens (tertiary/aromatic N) is 2. The van der Waals surface area contributed by atoms with E-state index < -0.39 is 5.72 Å². The zero-order valence-electron chi connectivity index (χ0n) is 20.2. The molecule has 2 heterocycles. The van der Waals surface area contributed by atoms with E-state index in [-0.39, 0.29) is 28.6 Å². The topological polar surface area (TPSA) is 64.0 Å². The van der Waals surface area contributed by atoms with Gasteiger partial charge in [-0.05, 0) is 80.0 Å². The number of phenolic OH excluding ortho intramolecular Hbond substituents is 1. The molecular weight excluding hydrogens is 436 g/mol. The minimum absolute atomic E-state index is 0.0396. The normalized spacial score (nSPS) is 41.1. The van der Waals surface area contributed by atoms with Gasteiger partial charge < -0.3 is 15.1 Å². The number of fused-ring (bicyclic) bond motifs is 1. The van der Waals surface area contributed by atoms with Crippen molar-refractivity contribution >= 4 is 5.91 Å². The fourth-order valence-electron chi connectivity index (χ4n) is 9.87. The Hall–Kier alpha value is -2.37. The highest BCUT2D eigenvalue weighted by molar-refractivity contribution is 5.85. The number of carbonyl (C=O) groups is 1. The second kappa shape index (κ2) is 6.68. The minimum Gasteiger partial charge on any atom is -0.508 e. The highest BCUT2D eigenvalue weighted by Gasteiger charge is 2.82. The number of benzene rings is 2. The Kier molecular flexibility index (Phi) is 3.97. The summed E-state index contributed by atoms with van der Waals surface area (Å²) in [6.07, 6.45) is 6.99. The summed E-state index contributed by atoms with van der Waals surface area (Å²) in [4.78, 5) is 18.6. The molecule has 0 spiro atoms. The van der Waals surface area contributed by atoms with Crippen molar-refractivity contribution < 1.29 is 15.0 Å². The SMILES string of the molecule is O=C1[C@H]2CC34CCC(O)(C2C32CCN(CC3CC3)C4Cc3cccc(O)c32)N1Cc1ccccc1. The van der Waals surface area contributed by atoms with Gasteiger partial charge in [-0.1, -0.05) is 42.5 Å². The number of likely N-dealkylation sites (tertiary alicyclic amines) is 2. The number of phenols is 1. The zero-order chi connectivity index (χ0) is 23.6. The van der Waals surface area contributed by atoms with Crippen LogP contribution in [0.5, 0.6) is 5.75 Å². The molecule has 6 aliphatic rings. The molecule has 2 N–H and O–H groups in total. The first-order valence-electron chi connectivity index (χ1n) is 13.6. The maximum atomic E-state index is 14.1. The summed E-state index contributed by atoms with van der Waals surface area (Å²) in [5, 5.41) is 23.8. The van der Waals surface area contributed by atoms with E-state index in [2.05, 4.69) is 11.0 Å². The molecule has 5 fully saturated rings. The first-order chi connectivity index (χ1) is 17.0. The second-order valence-electron chi connectivity index (χ2n) is 12.4. The van der Waals surface area contributed by atoms with Crippen LogP contribution < -0.4 is 0 Å². The maximum absolute atomic E-state index is 14.1. The van der Waals surface area contributed by atoms with Crippen molar-refractivity contribution in [2.45, 2.75) is 68.7 Å². The van der Waals surface area contributed by atoms with Crippen LogP contribution in [0, 0.1) is 23.2 Å². The third kappa shape index (κ3) is 2.40. The minimum atomic E-state index is -1.16. The van der Waals surface area contributed by atoms with Gasteiger partial charge in [-0.15, -0.1) is 0 Å². The molecule has 0 aromatic heterocycles. The molecule has 2 aromatic carbocycles. The molecule has 8 rings (SSSR count). The first-order valence-corrected chi connectivity index (χ1v) is 13.6. The predicted molar refractivity (Wildman–Crippen MR) is 131 cm³/mol. The molecule has 4 bridgehead atoms. The van der Waals surface area contributed by atoms with Gasteiger partial charge in [-0.25, -0.2) is 0 Å². The van der Waals surface area contributed by atoms with Gasteiger partial charge in [0.15, 0.2) is 0 Å². The van der Waals surface area contributed by atoms with Crippen LogP contribution in [-0.2, 0) is 23.2 Å². The molecule has 2 aromatic rings. The lowest BCUT2D eigenvalue weighted by molar-refractivity contribution is -0.208. The van der Waals surface area contributed by atoms with Crippen molar-refractivity contribution in [3.8, 4) is 5.75 Å². The molecule has 2 aliphatic heterocycles. The fraction of sp³-hybridized carbons (Fsp3) is 0.567. The van der Waals surface area contributed by atoms with Gasteiger partial charge in [-0.2, -0.15) is 0 Å². The molecule has 0 radical (unpaired) electrons.